The first-order valence-corrected chi connectivity index (χ1v) is 17.5. The Morgan fingerprint density at radius 1 is 0.953 bits per heavy atom. The van der Waals surface area contributed by atoms with Crippen molar-refractivity contribution in [2.24, 2.45) is 5.92 Å². The lowest BCUT2D eigenvalue weighted by molar-refractivity contribution is 0.141. The first-order chi connectivity index (χ1) is 20.9. The van der Waals surface area contributed by atoms with Crippen molar-refractivity contribution in [2.75, 3.05) is 55.4 Å². The van der Waals surface area contributed by atoms with Crippen LogP contribution in [0.5, 0.6) is 5.75 Å². The van der Waals surface area contributed by atoms with Gasteiger partial charge in [-0.3, -0.25) is 0 Å². The number of hydrogen-bond donors (Lipinski definition) is 3. The third kappa shape index (κ3) is 7.42. The molecule has 0 amide bonds. The topological polar surface area (TPSA) is 112 Å². The van der Waals surface area contributed by atoms with Crippen LogP contribution in [-0.2, 0) is 10.0 Å². The molecule has 43 heavy (non-hydrogen) atoms. The monoisotopic (exact) mass is 669 g/mol. The van der Waals surface area contributed by atoms with Gasteiger partial charge in [-0.25, -0.2) is 18.1 Å². The van der Waals surface area contributed by atoms with E-state index < -0.39 is 10.0 Å². The molecule has 3 N–H and O–H groups in total. The average Bonchev–Trinajstić information content (AvgIpc) is 3.88. The molecule has 3 aromatic rings. The largest absolute Gasteiger partial charge is 0.491 e. The molecule has 0 bridgehead atoms. The summed E-state index contributed by atoms with van der Waals surface area (Å²) in [6.45, 7) is 5.29. The fraction of sp³-hybridized carbons (Fsp3) is 0.484. The molecule has 230 valence electrons. The van der Waals surface area contributed by atoms with Crippen molar-refractivity contribution < 1.29 is 13.2 Å². The number of anilines is 5. The van der Waals surface area contributed by atoms with Gasteiger partial charge in [-0.1, -0.05) is 18.6 Å². The van der Waals surface area contributed by atoms with E-state index in [4.69, 9.17) is 4.74 Å². The Balaban J connectivity index is 1.19. The van der Waals surface area contributed by atoms with E-state index in [0.29, 0.717) is 40.5 Å². The second-order valence-electron chi connectivity index (χ2n) is 11.6. The number of halogens is 1. The summed E-state index contributed by atoms with van der Waals surface area (Å²) in [6, 6.07) is 13.7. The van der Waals surface area contributed by atoms with Gasteiger partial charge in [0.2, 0.25) is 16.0 Å². The molecule has 2 aromatic carbocycles. The van der Waals surface area contributed by atoms with Crippen LogP contribution in [0.4, 0.5) is 28.8 Å². The van der Waals surface area contributed by atoms with E-state index >= 15 is 0 Å². The van der Waals surface area contributed by atoms with Crippen molar-refractivity contribution in [1.29, 1.82) is 0 Å². The Morgan fingerprint density at radius 3 is 2.47 bits per heavy atom. The summed E-state index contributed by atoms with van der Waals surface area (Å²) in [5, 5.41) is 6.49. The highest BCUT2D eigenvalue weighted by atomic mass is 79.9. The predicted molar refractivity (Wildman–Crippen MR) is 174 cm³/mol. The van der Waals surface area contributed by atoms with Crippen molar-refractivity contribution >= 4 is 54.8 Å². The summed E-state index contributed by atoms with van der Waals surface area (Å²) in [4.78, 5) is 14.4. The molecule has 0 radical (unpaired) electrons. The number of sulfonamides is 1. The highest BCUT2D eigenvalue weighted by Crippen LogP contribution is 2.37. The van der Waals surface area contributed by atoms with Gasteiger partial charge in [0, 0.05) is 37.1 Å². The number of ether oxygens (including phenoxy) is 1. The van der Waals surface area contributed by atoms with Gasteiger partial charge in [0.1, 0.15) is 16.5 Å². The maximum absolute atomic E-state index is 12.6. The number of nitrogens with zero attached hydrogens (tertiary/aromatic N) is 4. The molecule has 3 fully saturated rings. The van der Waals surface area contributed by atoms with Crippen molar-refractivity contribution in [3.05, 3.63) is 53.1 Å². The van der Waals surface area contributed by atoms with E-state index in [1.807, 2.05) is 6.07 Å². The normalized spacial score (nSPS) is 18.4. The van der Waals surface area contributed by atoms with Crippen LogP contribution in [0, 0.1) is 5.92 Å². The van der Waals surface area contributed by atoms with E-state index in [1.54, 1.807) is 30.5 Å². The lowest BCUT2D eigenvalue weighted by atomic mass is 9.99. The van der Waals surface area contributed by atoms with Crippen LogP contribution in [0.2, 0.25) is 0 Å². The molecule has 0 unspecified atom stereocenters. The Kier molecular flexibility index (Phi) is 9.37. The zero-order chi connectivity index (χ0) is 29.8. The van der Waals surface area contributed by atoms with E-state index in [9.17, 15) is 8.42 Å². The van der Waals surface area contributed by atoms with Crippen LogP contribution in [-0.4, -0.2) is 69.2 Å². The molecule has 1 aromatic heterocycles. The minimum atomic E-state index is -3.67. The fourth-order valence-corrected chi connectivity index (χ4v) is 7.05. The smallest absolute Gasteiger partial charge is 0.242 e. The van der Waals surface area contributed by atoms with Gasteiger partial charge in [0.15, 0.2) is 0 Å². The first kappa shape index (κ1) is 30.1. The molecule has 6 rings (SSSR count). The molecular weight excluding hydrogens is 630 g/mol. The van der Waals surface area contributed by atoms with Crippen molar-refractivity contribution in [3.63, 3.8) is 0 Å². The van der Waals surface area contributed by atoms with E-state index in [1.165, 1.54) is 70.8 Å². The molecule has 1 saturated carbocycles. The summed E-state index contributed by atoms with van der Waals surface area (Å²) in [7, 11) is -2.28. The summed E-state index contributed by atoms with van der Waals surface area (Å²) in [6.07, 6.45) is 10.5. The van der Waals surface area contributed by atoms with E-state index in [2.05, 4.69) is 63.2 Å². The number of piperidine rings is 2. The third-order valence-corrected chi connectivity index (χ3v) is 10.6. The summed E-state index contributed by atoms with van der Waals surface area (Å²) >= 11 is 3.50. The van der Waals surface area contributed by atoms with Gasteiger partial charge in [-0.15, -0.1) is 0 Å². The molecule has 2 aliphatic heterocycles. The predicted octanol–water partition coefficient (Wildman–Crippen LogP) is 5.88. The molecular formula is C31H40BrN7O3S. The summed E-state index contributed by atoms with van der Waals surface area (Å²) < 4.78 is 34.4. The van der Waals surface area contributed by atoms with Gasteiger partial charge in [-0.2, -0.15) is 4.98 Å². The Labute approximate surface area is 262 Å². The molecule has 10 nitrogen and oxygen atoms in total. The third-order valence-electron chi connectivity index (χ3n) is 8.56. The van der Waals surface area contributed by atoms with Crippen LogP contribution in [0.25, 0.3) is 0 Å². The number of rotatable bonds is 11. The highest BCUT2D eigenvalue weighted by Gasteiger charge is 2.27. The zero-order valence-corrected chi connectivity index (χ0v) is 27.0. The number of benzene rings is 2. The maximum Gasteiger partial charge on any atom is 0.242 e. The van der Waals surface area contributed by atoms with Crippen LogP contribution in [0.1, 0.15) is 44.9 Å². The molecule has 1 aliphatic carbocycles. The summed E-state index contributed by atoms with van der Waals surface area (Å²) in [5.41, 5.74) is 2.37. The number of likely N-dealkylation sites (tertiary alicyclic amines) is 1. The van der Waals surface area contributed by atoms with E-state index in [-0.39, 0.29) is 4.90 Å². The lowest BCUT2D eigenvalue weighted by Gasteiger charge is -2.41. The van der Waals surface area contributed by atoms with Gasteiger partial charge in [0.05, 0.1) is 22.5 Å². The summed E-state index contributed by atoms with van der Waals surface area (Å²) in [5.74, 6) is 2.20. The van der Waals surface area contributed by atoms with Gasteiger partial charge in [-0.05, 0) is 105 Å². The highest BCUT2D eigenvalue weighted by molar-refractivity contribution is 9.10. The molecule has 0 spiro atoms. The standard InChI is InChI=1S/C31H40BrN7O3S/c1-33-43(40,41)29-8-4-3-7-27(29)35-30-25(32)20-34-31(37-30)36-26-12-11-24(19-28(26)42-21-22-9-10-22)39-17-13-23(14-18-39)38-15-5-2-6-16-38/h3-4,7-8,11-12,19-20,22-23,33H,2,5-6,9-10,13-18,21H2,1H3,(H2,34,35,36,37). The first-order valence-electron chi connectivity index (χ1n) is 15.2. The second-order valence-corrected chi connectivity index (χ2v) is 14.3. The van der Waals surface area contributed by atoms with Gasteiger partial charge in [0.25, 0.3) is 0 Å². The Bertz CT molecular complexity index is 1520. The van der Waals surface area contributed by atoms with Crippen molar-refractivity contribution in [1.82, 2.24) is 19.6 Å². The maximum atomic E-state index is 12.6. The minimum Gasteiger partial charge on any atom is -0.491 e. The average molecular weight is 671 g/mol. The Hall–Kier alpha value is -2.93. The van der Waals surface area contributed by atoms with Crippen LogP contribution in [0.15, 0.2) is 58.0 Å². The van der Waals surface area contributed by atoms with Crippen LogP contribution < -0.4 is 25.0 Å². The molecule has 0 atom stereocenters. The van der Waals surface area contributed by atoms with Crippen molar-refractivity contribution in [3.8, 4) is 5.75 Å². The molecule has 3 aliphatic rings. The molecule has 12 heteroatoms. The van der Waals surface area contributed by atoms with E-state index in [0.717, 1.165) is 24.5 Å². The zero-order valence-electron chi connectivity index (χ0n) is 24.6. The van der Waals surface area contributed by atoms with Crippen LogP contribution in [0.3, 0.4) is 0 Å². The molecule has 3 heterocycles. The second kappa shape index (κ2) is 13.4. The minimum absolute atomic E-state index is 0.129. The van der Waals surface area contributed by atoms with Gasteiger partial charge >= 0.3 is 0 Å². The Morgan fingerprint density at radius 2 is 1.72 bits per heavy atom. The number of nitrogens with one attached hydrogen (secondary N) is 3. The number of hydrogen-bond acceptors (Lipinski definition) is 9. The van der Waals surface area contributed by atoms with Crippen molar-refractivity contribution in [2.45, 2.75) is 55.9 Å². The van der Waals surface area contributed by atoms with Crippen LogP contribution >= 0.6 is 15.9 Å². The quantitative estimate of drug-likeness (QED) is 0.231. The lowest BCUT2D eigenvalue weighted by Crippen LogP contribution is -2.46. The number of para-hydroxylation sites is 1. The fourth-order valence-electron chi connectivity index (χ4n) is 5.87. The van der Waals surface area contributed by atoms with Gasteiger partial charge < -0.3 is 25.2 Å². The number of aromatic nitrogens is 2. The molecule has 2 saturated heterocycles. The SMILES string of the molecule is CNS(=O)(=O)c1ccccc1Nc1nc(Nc2ccc(N3CCC(N4CCCCC4)CC3)cc2OCC2CC2)ncc1Br.